The number of pyridine rings is 1. The second kappa shape index (κ2) is 6.20. The van der Waals surface area contributed by atoms with Crippen molar-refractivity contribution in [2.45, 2.75) is 20.3 Å². The predicted molar refractivity (Wildman–Crippen MR) is 65.5 cm³/mol. The second-order valence-corrected chi connectivity index (χ2v) is 3.82. The molecule has 1 aromatic heterocycles. The quantitative estimate of drug-likeness (QED) is 0.781. The maximum absolute atomic E-state index is 10.9. The molecule has 2 N–H and O–H groups in total. The monoisotopic (exact) mass is 238 g/mol. The molecule has 5 nitrogen and oxygen atoms in total. The van der Waals surface area contributed by atoms with E-state index in [2.05, 4.69) is 4.98 Å². The van der Waals surface area contributed by atoms with Gasteiger partial charge in [0.1, 0.15) is 5.82 Å². The first kappa shape index (κ1) is 13.4. The number of nitrogens with zero attached hydrogens (tertiary/aromatic N) is 2. The fourth-order valence-electron chi connectivity index (χ4n) is 1.68. The Hall–Kier alpha value is -1.62. The Labute approximate surface area is 101 Å². The number of hydrogen-bond acceptors (Lipinski definition) is 4. The topological polar surface area (TPSA) is 73.7 Å². The van der Waals surface area contributed by atoms with Gasteiger partial charge in [-0.2, -0.15) is 0 Å². The van der Waals surface area contributed by atoms with Crippen LogP contribution in [0.15, 0.2) is 12.1 Å². The molecule has 1 aromatic rings. The molecule has 0 unspecified atom stereocenters. The molecule has 0 amide bonds. The van der Waals surface area contributed by atoms with Crippen molar-refractivity contribution >= 4 is 11.8 Å². The fraction of sp³-hybridized carbons (Fsp3) is 0.500. The number of carbonyl (C=O) groups is 1. The lowest BCUT2D eigenvalue weighted by Gasteiger charge is -2.22. The Morgan fingerprint density at radius 2 is 2.12 bits per heavy atom. The van der Waals surface area contributed by atoms with E-state index in [1.54, 1.807) is 19.1 Å². The van der Waals surface area contributed by atoms with Crippen LogP contribution in [0.3, 0.4) is 0 Å². The van der Waals surface area contributed by atoms with Gasteiger partial charge in [-0.3, -0.25) is 0 Å². The molecule has 1 rings (SSSR count). The molecule has 17 heavy (non-hydrogen) atoms. The van der Waals surface area contributed by atoms with Crippen LogP contribution in [0.2, 0.25) is 0 Å². The van der Waals surface area contributed by atoms with Crippen molar-refractivity contribution in [1.29, 1.82) is 0 Å². The third kappa shape index (κ3) is 3.42. The number of aliphatic hydroxyl groups is 1. The Kier molecular flexibility index (Phi) is 4.90. The molecule has 0 spiro atoms. The molecule has 0 saturated carbocycles. The first-order valence-electron chi connectivity index (χ1n) is 5.67. The summed E-state index contributed by atoms with van der Waals surface area (Å²) in [6.07, 6.45) is 0.946. The van der Waals surface area contributed by atoms with Gasteiger partial charge in [0.2, 0.25) is 0 Å². The average Bonchev–Trinajstić information content (AvgIpc) is 2.28. The molecule has 0 fully saturated rings. The minimum absolute atomic E-state index is 0.0570. The normalized spacial score (nSPS) is 10.3. The molecule has 0 aromatic carbocycles. The summed E-state index contributed by atoms with van der Waals surface area (Å²) in [4.78, 5) is 17.1. The molecule has 1 heterocycles. The van der Waals surface area contributed by atoms with Gasteiger partial charge in [-0.05, 0) is 25.5 Å². The second-order valence-electron chi connectivity index (χ2n) is 3.82. The van der Waals surface area contributed by atoms with E-state index in [1.807, 2.05) is 11.8 Å². The van der Waals surface area contributed by atoms with Gasteiger partial charge >= 0.3 is 5.97 Å². The number of rotatable bonds is 6. The van der Waals surface area contributed by atoms with Gasteiger partial charge in [0.25, 0.3) is 0 Å². The molecule has 0 aliphatic heterocycles. The lowest BCUT2D eigenvalue weighted by atomic mass is 10.2. The summed E-state index contributed by atoms with van der Waals surface area (Å²) in [7, 11) is 0. The highest BCUT2D eigenvalue weighted by Gasteiger charge is 2.12. The zero-order valence-corrected chi connectivity index (χ0v) is 10.2. The zero-order valence-electron chi connectivity index (χ0n) is 10.2. The van der Waals surface area contributed by atoms with Crippen molar-refractivity contribution in [1.82, 2.24) is 4.98 Å². The molecule has 0 saturated heterocycles. The molecule has 0 aliphatic carbocycles. The van der Waals surface area contributed by atoms with E-state index >= 15 is 0 Å². The first-order valence-corrected chi connectivity index (χ1v) is 5.67. The van der Waals surface area contributed by atoms with Gasteiger partial charge in [0.15, 0.2) is 0 Å². The number of anilines is 1. The molecule has 0 radical (unpaired) electrons. The van der Waals surface area contributed by atoms with Crippen LogP contribution in [0.5, 0.6) is 0 Å². The predicted octanol–water partition coefficient (Wildman–Crippen LogP) is 1.30. The number of carboxylic acid groups (broad SMARTS) is 1. The van der Waals surface area contributed by atoms with Crippen molar-refractivity contribution in [3.05, 3.63) is 23.4 Å². The van der Waals surface area contributed by atoms with Crippen LogP contribution in [0.1, 0.15) is 29.4 Å². The Bertz CT molecular complexity index is 387. The summed E-state index contributed by atoms with van der Waals surface area (Å²) in [5.74, 6) is -0.255. The van der Waals surface area contributed by atoms with Gasteiger partial charge in [-0.25, -0.2) is 9.78 Å². The summed E-state index contributed by atoms with van der Waals surface area (Å²) in [6.45, 7) is 5.08. The summed E-state index contributed by atoms with van der Waals surface area (Å²) in [5.41, 5.74) is 0.711. The molecular weight excluding hydrogens is 220 g/mol. The van der Waals surface area contributed by atoms with E-state index in [4.69, 9.17) is 10.2 Å². The lowest BCUT2D eigenvalue weighted by Crippen LogP contribution is -2.28. The summed E-state index contributed by atoms with van der Waals surface area (Å²) < 4.78 is 0. The van der Waals surface area contributed by atoms with Gasteiger partial charge < -0.3 is 15.1 Å². The smallest absolute Gasteiger partial charge is 0.337 e. The van der Waals surface area contributed by atoms with E-state index in [0.717, 1.165) is 13.0 Å². The van der Waals surface area contributed by atoms with Crippen LogP contribution in [0, 0.1) is 6.92 Å². The van der Waals surface area contributed by atoms with Crippen LogP contribution in [-0.4, -0.2) is 40.9 Å². The standard InChI is InChI=1S/C12H18N2O3/c1-3-6-14(7-8-15)11-5-4-10(12(16)17)9(2)13-11/h4-5,15H,3,6-8H2,1-2H3,(H,16,17). The fourth-order valence-corrected chi connectivity index (χ4v) is 1.68. The van der Waals surface area contributed by atoms with Crippen molar-refractivity contribution in [3.63, 3.8) is 0 Å². The van der Waals surface area contributed by atoms with Crippen molar-refractivity contribution < 1.29 is 15.0 Å². The largest absolute Gasteiger partial charge is 0.478 e. The minimum Gasteiger partial charge on any atom is -0.478 e. The minimum atomic E-state index is -0.967. The molecule has 0 atom stereocenters. The van der Waals surface area contributed by atoms with Crippen LogP contribution in [-0.2, 0) is 0 Å². The average molecular weight is 238 g/mol. The zero-order chi connectivity index (χ0) is 12.8. The number of aromatic carboxylic acids is 1. The van der Waals surface area contributed by atoms with Crippen LogP contribution < -0.4 is 4.90 Å². The highest BCUT2D eigenvalue weighted by molar-refractivity contribution is 5.89. The van der Waals surface area contributed by atoms with Gasteiger partial charge in [-0.15, -0.1) is 0 Å². The summed E-state index contributed by atoms with van der Waals surface area (Å²) in [5, 5.41) is 17.9. The van der Waals surface area contributed by atoms with E-state index in [9.17, 15) is 4.79 Å². The third-order valence-corrected chi connectivity index (χ3v) is 2.49. The highest BCUT2D eigenvalue weighted by Crippen LogP contribution is 2.15. The first-order chi connectivity index (χ1) is 8.10. The Morgan fingerprint density at radius 3 is 2.59 bits per heavy atom. The van der Waals surface area contributed by atoms with Crippen molar-refractivity contribution in [3.8, 4) is 0 Å². The van der Waals surface area contributed by atoms with Gasteiger partial charge in [-0.1, -0.05) is 6.92 Å². The molecular formula is C12H18N2O3. The number of carboxylic acids is 1. The van der Waals surface area contributed by atoms with Gasteiger partial charge in [0, 0.05) is 13.1 Å². The third-order valence-electron chi connectivity index (χ3n) is 2.49. The maximum atomic E-state index is 10.9. The number of aliphatic hydroxyl groups excluding tert-OH is 1. The highest BCUT2D eigenvalue weighted by atomic mass is 16.4. The number of aryl methyl sites for hydroxylation is 1. The van der Waals surface area contributed by atoms with Gasteiger partial charge in [0.05, 0.1) is 17.9 Å². The van der Waals surface area contributed by atoms with Crippen LogP contribution in [0.25, 0.3) is 0 Å². The number of aromatic nitrogens is 1. The van der Waals surface area contributed by atoms with Crippen LogP contribution in [0.4, 0.5) is 5.82 Å². The summed E-state index contributed by atoms with van der Waals surface area (Å²) >= 11 is 0. The Balaban J connectivity index is 2.97. The van der Waals surface area contributed by atoms with E-state index < -0.39 is 5.97 Å². The van der Waals surface area contributed by atoms with E-state index in [0.29, 0.717) is 18.1 Å². The molecule has 0 bridgehead atoms. The maximum Gasteiger partial charge on any atom is 0.337 e. The molecule has 5 heteroatoms. The number of hydrogen-bond donors (Lipinski definition) is 2. The summed E-state index contributed by atoms with van der Waals surface area (Å²) in [6, 6.07) is 3.24. The van der Waals surface area contributed by atoms with Crippen molar-refractivity contribution in [2.24, 2.45) is 0 Å². The van der Waals surface area contributed by atoms with Crippen LogP contribution >= 0.6 is 0 Å². The van der Waals surface area contributed by atoms with Crippen molar-refractivity contribution in [2.75, 3.05) is 24.6 Å². The lowest BCUT2D eigenvalue weighted by molar-refractivity contribution is 0.0695. The molecule has 94 valence electrons. The van der Waals surface area contributed by atoms with E-state index in [1.165, 1.54) is 0 Å². The van der Waals surface area contributed by atoms with E-state index in [-0.39, 0.29) is 12.2 Å². The Morgan fingerprint density at radius 1 is 1.41 bits per heavy atom. The molecule has 0 aliphatic rings. The SMILES string of the molecule is CCCN(CCO)c1ccc(C(=O)O)c(C)n1.